The highest BCUT2D eigenvalue weighted by Gasteiger charge is 2.27. The molecule has 0 saturated carbocycles. The number of aliphatic hydroxyl groups is 1. The zero-order valence-electron chi connectivity index (χ0n) is 15.1. The highest BCUT2D eigenvalue weighted by Crippen LogP contribution is 2.44. The molecule has 0 fully saturated rings. The van der Waals surface area contributed by atoms with Crippen molar-refractivity contribution in [1.29, 1.82) is 0 Å². The Hall–Kier alpha value is -1.46. The average molecular weight is 387 g/mol. The summed E-state index contributed by atoms with van der Waals surface area (Å²) in [5.74, 6) is 7.35. The summed E-state index contributed by atoms with van der Waals surface area (Å²) in [7, 11) is 0. The molecule has 0 spiro atoms. The minimum absolute atomic E-state index is 0.197. The van der Waals surface area contributed by atoms with Crippen molar-refractivity contribution in [3.63, 3.8) is 0 Å². The Morgan fingerprint density at radius 3 is 2.62 bits per heavy atom. The second-order valence-electron chi connectivity index (χ2n) is 6.88. The van der Waals surface area contributed by atoms with Gasteiger partial charge in [0.05, 0.1) is 10.0 Å². The highest BCUT2D eigenvalue weighted by molar-refractivity contribution is 6.42. The first-order valence-electron chi connectivity index (χ1n) is 9.32. The van der Waals surface area contributed by atoms with Gasteiger partial charge in [-0.05, 0) is 72.6 Å². The maximum atomic E-state index is 8.88. The van der Waals surface area contributed by atoms with Crippen LogP contribution in [0.15, 0.2) is 36.4 Å². The molecule has 1 nitrogen and oxygen atoms in total. The molecular weight excluding hydrogens is 363 g/mol. The van der Waals surface area contributed by atoms with Crippen LogP contribution >= 0.6 is 23.2 Å². The van der Waals surface area contributed by atoms with Crippen LogP contribution in [0.3, 0.4) is 0 Å². The number of fused-ring (bicyclic) bond motifs is 1. The minimum Gasteiger partial charge on any atom is -0.396 e. The maximum Gasteiger partial charge on any atom is 0.0595 e. The lowest BCUT2D eigenvalue weighted by molar-refractivity contribution is 0.290. The monoisotopic (exact) mass is 386 g/mol. The summed E-state index contributed by atoms with van der Waals surface area (Å²) in [5.41, 5.74) is 5.11. The van der Waals surface area contributed by atoms with Crippen LogP contribution in [0, 0.1) is 11.8 Å². The van der Waals surface area contributed by atoms with Crippen molar-refractivity contribution in [2.45, 2.75) is 50.9 Å². The third-order valence-electron chi connectivity index (χ3n) is 5.24. The third-order valence-corrected chi connectivity index (χ3v) is 5.98. The third kappa shape index (κ3) is 4.26. The number of rotatable bonds is 4. The van der Waals surface area contributed by atoms with Gasteiger partial charge < -0.3 is 5.11 Å². The van der Waals surface area contributed by atoms with Gasteiger partial charge in [-0.1, -0.05) is 54.1 Å². The van der Waals surface area contributed by atoms with Gasteiger partial charge in [-0.3, -0.25) is 0 Å². The Morgan fingerprint density at radius 1 is 1.04 bits per heavy atom. The van der Waals surface area contributed by atoms with E-state index in [-0.39, 0.29) is 6.61 Å². The van der Waals surface area contributed by atoms with Crippen LogP contribution in [0.2, 0.25) is 10.0 Å². The number of hydrogen-bond acceptors (Lipinski definition) is 1. The van der Waals surface area contributed by atoms with Crippen molar-refractivity contribution in [3.05, 3.63) is 68.7 Å². The molecule has 2 atom stereocenters. The lowest BCUT2D eigenvalue weighted by Gasteiger charge is -2.32. The number of hydrogen-bond donors (Lipinski definition) is 1. The van der Waals surface area contributed by atoms with E-state index in [9.17, 15) is 0 Å². The number of benzene rings is 2. The van der Waals surface area contributed by atoms with Crippen LogP contribution in [-0.4, -0.2) is 11.7 Å². The molecule has 3 rings (SSSR count). The first-order chi connectivity index (χ1) is 12.6. The van der Waals surface area contributed by atoms with E-state index in [4.69, 9.17) is 28.3 Å². The van der Waals surface area contributed by atoms with Gasteiger partial charge in [-0.2, -0.15) is 0 Å². The van der Waals surface area contributed by atoms with Gasteiger partial charge in [0.1, 0.15) is 0 Å². The standard InChI is InChI=1S/C23H24Cl2O/c1-2-17-8-11-19(18-9-12-22(24)23(25)15-18)20-10-7-16(14-21(17)20)6-4-3-5-13-26/h7,9-10,12,14-15,17,19,26H,2-3,5,8,11,13H2,1H3/t17-,19-/m0/s1. The molecule has 1 aliphatic rings. The van der Waals surface area contributed by atoms with Gasteiger partial charge in [0, 0.05) is 24.5 Å². The molecule has 0 aliphatic heterocycles. The molecule has 0 bridgehead atoms. The zero-order chi connectivity index (χ0) is 18.5. The van der Waals surface area contributed by atoms with Crippen molar-refractivity contribution in [2.75, 3.05) is 6.61 Å². The van der Waals surface area contributed by atoms with E-state index in [1.807, 2.05) is 12.1 Å². The van der Waals surface area contributed by atoms with Crippen LogP contribution in [0.4, 0.5) is 0 Å². The Morgan fingerprint density at radius 2 is 1.88 bits per heavy atom. The summed E-state index contributed by atoms with van der Waals surface area (Å²) in [6, 6.07) is 12.6. The van der Waals surface area contributed by atoms with Crippen molar-refractivity contribution in [3.8, 4) is 11.8 Å². The summed E-state index contributed by atoms with van der Waals surface area (Å²) < 4.78 is 0. The first-order valence-corrected chi connectivity index (χ1v) is 10.1. The molecular formula is C23H24Cl2O. The van der Waals surface area contributed by atoms with Gasteiger partial charge in [-0.15, -0.1) is 0 Å². The lowest BCUT2D eigenvalue weighted by atomic mass is 9.73. The molecule has 0 unspecified atom stereocenters. The Balaban J connectivity index is 1.95. The smallest absolute Gasteiger partial charge is 0.0595 e. The predicted octanol–water partition coefficient (Wildman–Crippen LogP) is 6.54. The van der Waals surface area contributed by atoms with Crippen LogP contribution in [0.5, 0.6) is 0 Å². The van der Waals surface area contributed by atoms with E-state index in [2.05, 4.69) is 43.0 Å². The van der Waals surface area contributed by atoms with Crippen molar-refractivity contribution in [1.82, 2.24) is 0 Å². The van der Waals surface area contributed by atoms with Gasteiger partial charge in [0.15, 0.2) is 0 Å². The van der Waals surface area contributed by atoms with Gasteiger partial charge in [0.2, 0.25) is 0 Å². The van der Waals surface area contributed by atoms with Crippen molar-refractivity contribution < 1.29 is 5.11 Å². The number of aliphatic hydroxyl groups excluding tert-OH is 1. The summed E-state index contributed by atoms with van der Waals surface area (Å²) in [6.45, 7) is 2.45. The Kier molecular flexibility index (Phi) is 6.65. The van der Waals surface area contributed by atoms with Crippen LogP contribution in [0.25, 0.3) is 0 Å². The second kappa shape index (κ2) is 8.96. The van der Waals surface area contributed by atoms with E-state index in [0.717, 1.165) is 31.2 Å². The summed E-state index contributed by atoms with van der Waals surface area (Å²) in [6.07, 6.45) is 4.91. The molecule has 1 aliphatic carbocycles. The lowest BCUT2D eigenvalue weighted by Crippen LogP contribution is -2.15. The van der Waals surface area contributed by atoms with E-state index in [0.29, 0.717) is 21.9 Å². The largest absolute Gasteiger partial charge is 0.396 e. The van der Waals surface area contributed by atoms with Crippen LogP contribution < -0.4 is 0 Å². The topological polar surface area (TPSA) is 20.2 Å². The van der Waals surface area contributed by atoms with Gasteiger partial charge in [-0.25, -0.2) is 0 Å². The fourth-order valence-corrected chi connectivity index (χ4v) is 4.14. The zero-order valence-corrected chi connectivity index (χ0v) is 16.6. The maximum absolute atomic E-state index is 8.88. The quantitative estimate of drug-likeness (QED) is 0.467. The summed E-state index contributed by atoms with van der Waals surface area (Å²) >= 11 is 12.4. The Bertz CT molecular complexity index is 832. The Labute approximate surface area is 166 Å². The normalized spacial score (nSPS) is 18.8. The SMILES string of the molecule is CC[C@H]1CC[C@@H](c2ccc(Cl)c(Cl)c2)c2ccc(C#CCCCO)cc21. The molecule has 2 aromatic carbocycles. The average Bonchev–Trinajstić information content (AvgIpc) is 2.66. The molecule has 1 N–H and O–H groups in total. The molecule has 0 heterocycles. The van der Waals surface area contributed by atoms with E-state index >= 15 is 0 Å². The fraction of sp³-hybridized carbons (Fsp3) is 0.391. The van der Waals surface area contributed by atoms with Crippen LogP contribution in [0.1, 0.15) is 73.1 Å². The second-order valence-corrected chi connectivity index (χ2v) is 7.70. The van der Waals surface area contributed by atoms with Crippen molar-refractivity contribution >= 4 is 23.2 Å². The van der Waals surface area contributed by atoms with E-state index in [1.54, 1.807) is 0 Å². The molecule has 0 aromatic heterocycles. The van der Waals surface area contributed by atoms with E-state index in [1.165, 1.54) is 23.1 Å². The van der Waals surface area contributed by atoms with Crippen molar-refractivity contribution in [2.24, 2.45) is 0 Å². The first kappa shape index (κ1) is 19.3. The molecule has 136 valence electrons. The molecule has 3 heteroatoms. The predicted molar refractivity (Wildman–Crippen MR) is 110 cm³/mol. The molecule has 2 aromatic rings. The molecule has 0 amide bonds. The number of halogens is 2. The van der Waals surface area contributed by atoms with Gasteiger partial charge in [0.25, 0.3) is 0 Å². The number of unbranched alkanes of at least 4 members (excludes halogenated alkanes) is 1. The fourth-order valence-electron chi connectivity index (χ4n) is 3.83. The highest BCUT2D eigenvalue weighted by atomic mass is 35.5. The molecule has 26 heavy (non-hydrogen) atoms. The van der Waals surface area contributed by atoms with Crippen LogP contribution in [-0.2, 0) is 0 Å². The van der Waals surface area contributed by atoms with Gasteiger partial charge >= 0.3 is 0 Å². The molecule has 0 saturated heterocycles. The minimum atomic E-state index is 0.197. The summed E-state index contributed by atoms with van der Waals surface area (Å²) in [5, 5.41) is 10.1. The van der Waals surface area contributed by atoms with E-state index < -0.39 is 0 Å². The molecule has 0 radical (unpaired) electrons. The summed E-state index contributed by atoms with van der Waals surface area (Å²) in [4.78, 5) is 0.